The first-order valence-electron chi connectivity index (χ1n) is 7.81. The Hall–Kier alpha value is -2.08. The second-order valence-electron chi connectivity index (χ2n) is 5.97. The Labute approximate surface area is 134 Å². The molecule has 2 aromatic rings. The van der Waals surface area contributed by atoms with Gasteiger partial charge in [-0.15, -0.1) is 0 Å². The Morgan fingerprint density at radius 1 is 0.957 bits per heavy atom. The zero-order valence-corrected chi connectivity index (χ0v) is 13.3. The van der Waals surface area contributed by atoms with Gasteiger partial charge < -0.3 is 4.90 Å². The molecular weight excluding hydrogens is 298 g/mol. The highest BCUT2D eigenvalue weighted by Gasteiger charge is 2.23. The smallest absolute Gasteiger partial charge is 0.162 e. The minimum atomic E-state index is -0.501. The molecule has 6 heteroatoms. The molecule has 122 valence electrons. The number of halogens is 2. The molecule has 1 fully saturated rings. The summed E-state index contributed by atoms with van der Waals surface area (Å²) in [5, 5.41) is 0. The Kier molecular flexibility index (Phi) is 4.52. The lowest BCUT2D eigenvalue weighted by atomic mass is 10.1. The van der Waals surface area contributed by atoms with Gasteiger partial charge in [0, 0.05) is 50.7 Å². The van der Waals surface area contributed by atoms with E-state index >= 15 is 0 Å². The van der Waals surface area contributed by atoms with E-state index in [1.54, 1.807) is 6.07 Å². The van der Waals surface area contributed by atoms with Crippen LogP contribution in [0.15, 0.2) is 30.6 Å². The van der Waals surface area contributed by atoms with Gasteiger partial charge in [-0.05, 0) is 26.0 Å². The van der Waals surface area contributed by atoms with Crippen LogP contribution in [0.2, 0.25) is 0 Å². The van der Waals surface area contributed by atoms with Crippen LogP contribution < -0.4 is 4.90 Å². The van der Waals surface area contributed by atoms with Crippen LogP contribution in [0.5, 0.6) is 0 Å². The number of anilines is 1. The number of hydrogen-bond acceptors (Lipinski definition) is 4. The number of nitrogens with zero attached hydrogens (tertiary/aromatic N) is 4. The van der Waals surface area contributed by atoms with Gasteiger partial charge in [0.15, 0.2) is 5.82 Å². The predicted molar refractivity (Wildman–Crippen MR) is 86.3 cm³/mol. The number of rotatable bonds is 3. The van der Waals surface area contributed by atoms with Gasteiger partial charge in [0.1, 0.15) is 11.6 Å². The summed E-state index contributed by atoms with van der Waals surface area (Å²) in [5.74, 6) is -0.745. The predicted octanol–water partition coefficient (Wildman–Crippen LogP) is 2.95. The summed E-state index contributed by atoms with van der Waals surface area (Å²) < 4.78 is 28.9. The SMILES string of the molecule is CC(C)N1CCN(c2cc(F)c(-c3ncccn3)cc2F)CC1. The van der Waals surface area contributed by atoms with Crippen molar-refractivity contribution in [3.8, 4) is 11.4 Å². The normalized spacial score (nSPS) is 16.1. The standard InChI is InChI=1S/C17H20F2N4/c1-12(2)22-6-8-23(9-7-22)16-11-14(18)13(10-15(16)19)17-20-4-3-5-21-17/h3-5,10-12H,6-9H2,1-2H3. The molecular formula is C17H20F2N4. The van der Waals surface area contributed by atoms with Crippen LogP contribution in [0.25, 0.3) is 11.4 Å². The lowest BCUT2D eigenvalue weighted by molar-refractivity contribution is 0.209. The van der Waals surface area contributed by atoms with Crippen molar-refractivity contribution in [1.29, 1.82) is 0 Å². The third kappa shape index (κ3) is 3.32. The fourth-order valence-corrected chi connectivity index (χ4v) is 2.87. The van der Waals surface area contributed by atoms with Crippen LogP contribution in [-0.4, -0.2) is 47.1 Å². The Balaban J connectivity index is 1.84. The molecule has 23 heavy (non-hydrogen) atoms. The molecule has 1 aromatic carbocycles. The van der Waals surface area contributed by atoms with E-state index in [1.807, 2.05) is 4.90 Å². The van der Waals surface area contributed by atoms with Crippen molar-refractivity contribution in [2.75, 3.05) is 31.1 Å². The molecule has 0 N–H and O–H groups in total. The zero-order chi connectivity index (χ0) is 16.4. The lowest BCUT2D eigenvalue weighted by Crippen LogP contribution is -2.49. The van der Waals surface area contributed by atoms with E-state index in [9.17, 15) is 8.78 Å². The van der Waals surface area contributed by atoms with Crippen LogP contribution >= 0.6 is 0 Å². The third-order valence-electron chi connectivity index (χ3n) is 4.23. The van der Waals surface area contributed by atoms with Crippen molar-refractivity contribution in [2.45, 2.75) is 19.9 Å². The van der Waals surface area contributed by atoms with Crippen molar-refractivity contribution in [2.24, 2.45) is 0 Å². The molecule has 0 radical (unpaired) electrons. The summed E-state index contributed by atoms with van der Waals surface area (Å²) in [6, 6.07) is 4.55. The quantitative estimate of drug-likeness (QED) is 0.871. The van der Waals surface area contributed by atoms with Crippen molar-refractivity contribution >= 4 is 5.69 Å². The monoisotopic (exact) mass is 318 g/mol. The fourth-order valence-electron chi connectivity index (χ4n) is 2.87. The largest absolute Gasteiger partial charge is 0.367 e. The first-order valence-corrected chi connectivity index (χ1v) is 7.81. The molecule has 0 aliphatic carbocycles. The molecule has 1 aliphatic rings. The number of aromatic nitrogens is 2. The van der Waals surface area contributed by atoms with Crippen LogP contribution in [0.1, 0.15) is 13.8 Å². The Bertz CT molecular complexity index is 668. The third-order valence-corrected chi connectivity index (χ3v) is 4.23. The van der Waals surface area contributed by atoms with Crippen molar-refractivity contribution in [3.63, 3.8) is 0 Å². The summed E-state index contributed by atoms with van der Waals surface area (Å²) in [4.78, 5) is 12.2. The maximum atomic E-state index is 14.5. The molecule has 0 atom stereocenters. The van der Waals surface area contributed by atoms with Gasteiger partial charge in [-0.1, -0.05) is 0 Å². The van der Waals surface area contributed by atoms with E-state index in [0.717, 1.165) is 13.1 Å². The molecule has 3 rings (SSSR count). The van der Waals surface area contributed by atoms with E-state index in [4.69, 9.17) is 0 Å². The van der Waals surface area contributed by atoms with Gasteiger partial charge in [0.05, 0.1) is 11.3 Å². The van der Waals surface area contributed by atoms with Gasteiger partial charge in [-0.25, -0.2) is 18.7 Å². The zero-order valence-electron chi connectivity index (χ0n) is 13.3. The summed E-state index contributed by atoms with van der Waals surface area (Å²) >= 11 is 0. The van der Waals surface area contributed by atoms with Crippen molar-refractivity contribution in [3.05, 3.63) is 42.2 Å². The number of hydrogen-bond donors (Lipinski definition) is 0. The molecule has 4 nitrogen and oxygen atoms in total. The number of piperazine rings is 1. The number of benzene rings is 1. The van der Waals surface area contributed by atoms with Crippen LogP contribution in [0.3, 0.4) is 0 Å². The van der Waals surface area contributed by atoms with Gasteiger partial charge >= 0.3 is 0 Å². The first kappa shape index (κ1) is 15.8. The van der Waals surface area contributed by atoms with Crippen LogP contribution in [0.4, 0.5) is 14.5 Å². The highest BCUT2D eigenvalue weighted by molar-refractivity contribution is 5.62. The second kappa shape index (κ2) is 6.58. The van der Waals surface area contributed by atoms with Gasteiger partial charge in [-0.2, -0.15) is 0 Å². The minimum absolute atomic E-state index is 0.0904. The maximum absolute atomic E-state index is 14.5. The van der Waals surface area contributed by atoms with Crippen LogP contribution in [-0.2, 0) is 0 Å². The van der Waals surface area contributed by atoms with E-state index in [-0.39, 0.29) is 11.4 Å². The highest BCUT2D eigenvalue weighted by atomic mass is 19.1. The Morgan fingerprint density at radius 3 is 2.22 bits per heavy atom. The average Bonchev–Trinajstić information content (AvgIpc) is 2.57. The fraction of sp³-hybridized carbons (Fsp3) is 0.412. The Morgan fingerprint density at radius 2 is 1.61 bits per heavy atom. The highest BCUT2D eigenvalue weighted by Crippen LogP contribution is 2.28. The lowest BCUT2D eigenvalue weighted by Gasteiger charge is -2.38. The van der Waals surface area contributed by atoms with E-state index in [2.05, 4.69) is 28.7 Å². The summed E-state index contributed by atoms with van der Waals surface area (Å²) in [5.41, 5.74) is 0.401. The summed E-state index contributed by atoms with van der Waals surface area (Å²) in [6.45, 7) is 7.37. The molecule has 0 spiro atoms. The molecule has 1 aliphatic heterocycles. The van der Waals surface area contributed by atoms with Crippen molar-refractivity contribution < 1.29 is 8.78 Å². The molecule has 0 bridgehead atoms. The second-order valence-corrected chi connectivity index (χ2v) is 5.97. The molecule has 1 aromatic heterocycles. The summed E-state index contributed by atoms with van der Waals surface area (Å²) in [6.07, 6.45) is 3.03. The van der Waals surface area contributed by atoms with Gasteiger partial charge in [0.2, 0.25) is 0 Å². The molecule has 0 unspecified atom stereocenters. The van der Waals surface area contributed by atoms with E-state index in [0.29, 0.717) is 24.8 Å². The van der Waals surface area contributed by atoms with Crippen molar-refractivity contribution in [1.82, 2.24) is 14.9 Å². The molecule has 0 amide bonds. The molecule has 1 saturated heterocycles. The van der Waals surface area contributed by atoms with Gasteiger partial charge in [-0.3, -0.25) is 4.90 Å². The van der Waals surface area contributed by atoms with E-state index in [1.165, 1.54) is 24.5 Å². The first-order chi connectivity index (χ1) is 11.1. The van der Waals surface area contributed by atoms with E-state index < -0.39 is 11.6 Å². The average molecular weight is 318 g/mol. The van der Waals surface area contributed by atoms with Crippen LogP contribution in [0, 0.1) is 11.6 Å². The summed E-state index contributed by atoms with van der Waals surface area (Å²) in [7, 11) is 0. The topological polar surface area (TPSA) is 32.3 Å². The molecule has 0 saturated carbocycles. The van der Waals surface area contributed by atoms with Gasteiger partial charge in [0.25, 0.3) is 0 Å². The minimum Gasteiger partial charge on any atom is -0.367 e. The maximum Gasteiger partial charge on any atom is 0.162 e. The molecule has 2 heterocycles.